The minimum atomic E-state index is 0. The van der Waals surface area contributed by atoms with Crippen LogP contribution >= 0.6 is 24.0 Å². The molecule has 1 aromatic carbocycles. The van der Waals surface area contributed by atoms with Crippen molar-refractivity contribution in [1.82, 2.24) is 16.0 Å². The molecule has 0 spiro atoms. The number of nitrogens with zero attached hydrogens (tertiary/aromatic N) is 1. The van der Waals surface area contributed by atoms with Crippen molar-refractivity contribution in [2.45, 2.75) is 45.6 Å². The van der Waals surface area contributed by atoms with Crippen LogP contribution in [0, 0.1) is 5.92 Å². The van der Waals surface area contributed by atoms with Gasteiger partial charge in [0.25, 0.3) is 0 Å². The lowest BCUT2D eigenvalue weighted by Gasteiger charge is -2.21. The highest BCUT2D eigenvalue weighted by Gasteiger charge is 2.20. The first-order valence-electron chi connectivity index (χ1n) is 9.65. The SMILES string of the molecule is CCNC(=NCc1ccc(OC)cc1)NCCNC(=O)C1CCCCC1.I. The third-order valence-electron chi connectivity index (χ3n) is 4.62. The van der Waals surface area contributed by atoms with Gasteiger partial charge in [-0.05, 0) is 37.5 Å². The molecule has 1 aliphatic carbocycles. The smallest absolute Gasteiger partial charge is 0.223 e. The molecular formula is C20H33IN4O2. The summed E-state index contributed by atoms with van der Waals surface area (Å²) in [6.07, 6.45) is 5.69. The van der Waals surface area contributed by atoms with Gasteiger partial charge in [-0.1, -0.05) is 31.4 Å². The summed E-state index contributed by atoms with van der Waals surface area (Å²) in [5, 5.41) is 9.54. The molecule has 1 amide bonds. The second-order valence-corrected chi connectivity index (χ2v) is 6.60. The van der Waals surface area contributed by atoms with Gasteiger partial charge in [-0.2, -0.15) is 0 Å². The van der Waals surface area contributed by atoms with Crippen LogP contribution in [0.5, 0.6) is 5.75 Å². The Morgan fingerprint density at radius 1 is 1.07 bits per heavy atom. The highest BCUT2D eigenvalue weighted by Crippen LogP contribution is 2.23. The summed E-state index contributed by atoms with van der Waals surface area (Å²) in [5.41, 5.74) is 1.12. The van der Waals surface area contributed by atoms with Crippen molar-refractivity contribution in [3.63, 3.8) is 0 Å². The Labute approximate surface area is 179 Å². The molecule has 0 atom stereocenters. The van der Waals surface area contributed by atoms with E-state index in [2.05, 4.69) is 20.9 Å². The average Bonchev–Trinajstić information content (AvgIpc) is 2.70. The van der Waals surface area contributed by atoms with Gasteiger partial charge < -0.3 is 20.7 Å². The zero-order valence-electron chi connectivity index (χ0n) is 16.4. The minimum absolute atomic E-state index is 0. The number of guanidine groups is 1. The van der Waals surface area contributed by atoms with Gasteiger partial charge in [0.15, 0.2) is 5.96 Å². The fourth-order valence-electron chi connectivity index (χ4n) is 3.12. The van der Waals surface area contributed by atoms with Crippen LogP contribution in [0.3, 0.4) is 0 Å². The second-order valence-electron chi connectivity index (χ2n) is 6.60. The highest BCUT2D eigenvalue weighted by atomic mass is 127. The summed E-state index contributed by atoms with van der Waals surface area (Å²) in [7, 11) is 1.66. The van der Waals surface area contributed by atoms with Crippen molar-refractivity contribution in [3.05, 3.63) is 29.8 Å². The van der Waals surface area contributed by atoms with Crippen molar-refractivity contribution < 1.29 is 9.53 Å². The topological polar surface area (TPSA) is 74.8 Å². The molecule has 0 radical (unpaired) electrons. The van der Waals surface area contributed by atoms with Crippen molar-refractivity contribution in [1.29, 1.82) is 0 Å². The molecule has 0 bridgehead atoms. The van der Waals surface area contributed by atoms with Gasteiger partial charge in [-0.15, -0.1) is 24.0 Å². The number of hydrogen-bond donors (Lipinski definition) is 3. The van der Waals surface area contributed by atoms with Crippen LogP contribution < -0.4 is 20.7 Å². The van der Waals surface area contributed by atoms with Gasteiger partial charge in [0.05, 0.1) is 13.7 Å². The van der Waals surface area contributed by atoms with E-state index in [0.29, 0.717) is 19.6 Å². The van der Waals surface area contributed by atoms with E-state index in [9.17, 15) is 4.79 Å². The lowest BCUT2D eigenvalue weighted by atomic mass is 9.89. The van der Waals surface area contributed by atoms with Gasteiger partial charge in [0.1, 0.15) is 5.75 Å². The van der Waals surface area contributed by atoms with Gasteiger partial charge in [-0.25, -0.2) is 4.99 Å². The highest BCUT2D eigenvalue weighted by molar-refractivity contribution is 14.0. The van der Waals surface area contributed by atoms with Crippen molar-refractivity contribution in [3.8, 4) is 5.75 Å². The summed E-state index contributed by atoms with van der Waals surface area (Å²) < 4.78 is 5.17. The maximum absolute atomic E-state index is 12.1. The van der Waals surface area contributed by atoms with E-state index in [0.717, 1.165) is 36.7 Å². The largest absolute Gasteiger partial charge is 0.497 e. The Kier molecular flexibility index (Phi) is 11.9. The van der Waals surface area contributed by atoms with E-state index in [-0.39, 0.29) is 35.8 Å². The summed E-state index contributed by atoms with van der Waals surface area (Å²) in [5.74, 6) is 2.01. The molecule has 0 aliphatic heterocycles. The second kappa shape index (κ2) is 13.6. The molecule has 2 rings (SSSR count). The van der Waals surface area contributed by atoms with E-state index in [1.54, 1.807) is 7.11 Å². The number of hydrogen-bond acceptors (Lipinski definition) is 3. The lowest BCUT2D eigenvalue weighted by Crippen LogP contribution is -2.42. The Hall–Kier alpha value is -1.51. The van der Waals surface area contributed by atoms with Crippen LogP contribution in [0.15, 0.2) is 29.3 Å². The lowest BCUT2D eigenvalue weighted by molar-refractivity contribution is -0.125. The third kappa shape index (κ3) is 8.81. The molecule has 1 saturated carbocycles. The number of methoxy groups -OCH3 is 1. The van der Waals surface area contributed by atoms with E-state index in [4.69, 9.17) is 4.74 Å². The molecular weight excluding hydrogens is 455 g/mol. The number of carbonyl (C=O) groups is 1. The normalized spacial score (nSPS) is 14.8. The molecule has 1 aromatic rings. The van der Waals surface area contributed by atoms with Crippen LogP contribution in [-0.2, 0) is 11.3 Å². The Morgan fingerprint density at radius 3 is 2.37 bits per heavy atom. The Morgan fingerprint density at radius 2 is 1.74 bits per heavy atom. The minimum Gasteiger partial charge on any atom is -0.497 e. The van der Waals surface area contributed by atoms with Crippen LogP contribution in [0.25, 0.3) is 0 Å². The molecule has 3 N–H and O–H groups in total. The van der Waals surface area contributed by atoms with E-state index in [1.807, 2.05) is 31.2 Å². The number of amides is 1. The molecule has 0 aromatic heterocycles. The molecule has 152 valence electrons. The summed E-state index contributed by atoms with van der Waals surface area (Å²) >= 11 is 0. The molecule has 0 saturated heterocycles. The van der Waals surface area contributed by atoms with Crippen LogP contribution in [0.2, 0.25) is 0 Å². The number of nitrogens with one attached hydrogen (secondary N) is 3. The molecule has 27 heavy (non-hydrogen) atoms. The fourth-order valence-corrected chi connectivity index (χ4v) is 3.12. The zero-order chi connectivity index (χ0) is 18.6. The summed E-state index contributed by atoms with van der Waals surface area (Å²) in [4.78, 5) is 16.7. The van der Waals surface area contributed by atoms with E-state index in [1.165, 1.54) is 19.3 Å². The molecule has 6 nitrogen and oxygen atoms in total. The van der Waals surface area contributed by atoms with Crippen LogP contribution in [0.1, 0.15) is 44.6 Å². The van der Waals surface area contributed by atoms with E-state index >= 15 is 0 Å². The van der Waals surface area contributed by atoms with Crippen LogP contribution in [0.4, 0.5) is 0 Å². The monoisotopic (exact) mass is 488 g/mol. The third-order valence-corrected chi connectivity index (χ3v) is 4.62. The first kappa shape index (κ1) is 23.5. The first-order chi connectivity index (χ1) is 12.7. The summed E-state index contributed by atoms with van der Waals surface area (Å²) in [6, 6.07) is 7.89. The van der Waals surface area contributed by atoms with Gasteiger partial charge >= 0.3 is 0 Å². The maximum Gasteiger partial charge on any atom is 0.223 e. The maximum atomic E-state index is 12.1. The van der Waals surface area contributed by atoms with Gasteiger partial charge in [-0.3, -0.25) is 4.79 Å². The summed E-state index contributed by atoms with van der Waals surface area (Å²) in [6.45, 7) is 4.70. The molecule has 1 aliphatic rings. The predicted molar refractivity (Wildman–Crippen MR) is 121 cm³/mol. The standard InChI is InChI=1S/C20H32N4O2.HI/c1-3-21-20(24-15-16-9-11-18(26-2)12-10-16)23-14-13-22-19(25)17-7-5-4-6-8-17;/h9-12,17H,3-8,13-15H2,1-2H3,(H,22,25)(H2,21,23,24);1H. The zero-order valence-corrected chi connectivity index (χ0v) is 18.8. The molecule has 7 heteroatoms. The van der Waals surface area contributed by atoms with Gasteiger partial charge in [0, 0.05) is 25.6 Å². The molecule has 0 heterocycles. The van der Waals surface area contributed by atoms with Crippen molar-refractivity contribution in [2.75, 3.05) is 26.7 Å². The molecule has 0 unspecified atom stereocenters. The number of benzene rings is 1. The number of halogens is 1. The Bertz CT molecular complexity index is 572. The number of aliphatic imine (C=N–C) groups is 1. The number of carbonyl (C=O) groups excluding carboxylic acids is 1. The van der Waals surface area contributed by atoms with Gasteiger partial charge in [0.2, 0.25) is 5.91 Å². The fraction of sp³-hybridized carbons (Fsp3) is 0.600. The predicted octanol–water partition coefficient (Wildman–Crippen LogP) is 3.06. The van der Waals surface area contributed by atoms with Crippen molar-refractivity contribution >= 4 is 35.8 Å². The first-order valence-corrected chi connectivity index (χ1v) is 9.65. The average molecular weight is 488 g/mol. The van der Waals surface area contributed by atoms with E-state index < -0.39 is 0 Å². The quantitative estimate of drug-likeness (QED) is 0.228. The molecule has 1 fully saturated rings. The number of ether oxygens (including phenoxy) is 1. The Balaban J connectivity index is 0.00000364. The number of rotatable bonds is 8. The van der Waals surface area contributed by atoms with Crippen LogP contribution in [-0.4, -0.2) is 38.6 Å². The van der Waals surface area contributed by atoms with Crippen molar-refractivity contribution in [2.24, 2.45) is 10.9 Å².